The summed E-state index contributed by atoms with van der Waals surface area (Å²) < 4.78 is 15.7. The molecule has 0 fully saturated rings. The van der Waals surface area contributed by atoms with E-state index in [9.17, 15) is 0 Å². The summed E-state index contributed by atoms with van der Waals surface area (Å²) in [5.74, 6) is 1.49. The number of aliphatic imine (C=N–C) groups is 1. The minimum atomic E-state index is -0.432. The van der Waals surface area contributed by atoms with Gasteiger partial charge in [0.05, 0.1) is 16.7 Å². The van der Waals surface area contributed by atoms with E-state index in [4.69, 9.17) is 13.8 Å². The predicted octanol–water partition coefficient (Wildman–Crippen LogP) is 12.2. The van der Waals surface area contributed by atoms with Gasteiger partial charge in [-0.1, -0.05) is 121 Å². The maximum Gasteiger partial charge on any atom is 0.194 e. The first kappa shape index (κ1) is 28.0. The maximum absolute atomic E-state index is 6.80. The molecule has 0 radical (unpaired) electrons. The molecule has 51 heavy (non-hydrogen) atoms. The molecular weight excluding hydrogens is 627 g/mol. The van der Waals surface area contributed by atoms with E-state index in [1.807, 2.05) is 18.2 Å². The fourth-order valence-electron chi connectivity index (χ4n) is 7.97. The number of fused-ring (bicyclic) bond motifs is 9. The van der Waals surface area contributed by atoms with Gasteiger partial charge in [0.2, 0.25) is 0 Å². The largest absolute Gasteiger partial charge is 0.455 e. The van der Waals surface area contributed by atoms with E-state index in [1.54, 1.807) is 0 Å². The van der Waals surface area contributed by atoms with Crippen molar-refractivity contribution in [1.29, 1.82) is 0 Å². The highest BCUT2D eigenvalue weighted by Gasteiger charge is 2.32. The molecular formula is C46H29N3O2. The van der Waals surface area contributed by atoms with Gasteiger partial charge in [-0.3, -0.25) is 4.57 Å². The highest BCUT2D eigenvalue weighted by Crippen LogP contribution is 2.45. The second-order valence-electron chi connectivity index (χ2n) is 13.1. The van der Waals surface area contributed by atoms with E-state index in [2.05, 4.69) is 155 Å². The van der Waals surface area contributed by atoms with Crippen molar-refractivity contribution in [1.82, 2.24) is 4.57 Å². The van der Waals surface area contributed by atoms with Crippen LogP contribution < -0.4 is 5.32 Å². The number of hydrogen-bond donors (Lipinski definition) is 1. The van der Waals surface area contributed by atoms with Crippen molar-refractivity contribution in [3.05, 3.63) is 175 Å². The molecule has 240 valence electrons. The number of rotatable bonds is 3. The summed E-state index contributed by atoms with van der Waals surface area (Å²) in [5.41, 5.74) is 11.1. The van der Waals surface area contributed by atoms with Gasteiger partial charge in [0.15, 0.2) is 11.6 Å². The number of furan rings is 2. The molecule has 1 atom stereocenters. The van der Waals surface area contributed by atoms with E-state index in [-0.39, 0.29) is 0 Å². The summed E-state index contributed by atoms with van der Waals surface area (Å²) in [6.07, 6.45) is -0.432. The van der Waals surface area contributed by atoms with Crippen LogP contribution in [0.5, 0.6) is 0 Å². The van der Waals surface area contributed by atoms with Crippen molar-refractivity contribution in [2.24, 2.45) is 4.99 Å². The van der Waals surface area contributed by atoms with E-state index in [0.717, 1.165) is 89.0 Å². The molecule has 1 unspecified atom stereocenters. The smallest absolute Gasteiger partial charge is 0.194 e. The second-order valence-corrected chi connectivity index (χ2v) is 13.1. The van der Waals surface area contributed by atoms with Crippen LogP contribution in [-0.4, -0.2) is 10.4 Å². The first-order chi connectivity index (χ1) is 25.3. The molecule has 1 N–H and O–H groups in total. The standard InChI is InChI=1S/C46H29N3O2/c1-3-14-28(15-4-1)30-26-35(29-16-5-2-6-17-29)43-36(27-30)41-34(21-13-25-40(41)51-43)45-47-42-33-20-9-12-24-39(33)50-44(42)46(48-45)49-37-22-10-7-18-31(37)32-19-8-11-23-38(32)49/h1-27,45,47H. The first-order valence-electron chi connectivity index (χ1n) is 17.2. The predicted molar refractivity (Wildman–Crippen MR) is 209 cm³/mol. The van der Waals surface area contributed by atoms with Crippen LogP contribution in [0.3, 0.4) is 0 Å². The van der Waals surface area contributed by atoms with Crippen molar-refractivity contribution in [2.75, 3.05) is 5.32 Å². The molecule has 5 nitrogen and oxygen atoms in total. The number of para-hydroxylation sites is 3. The number of nitrogens with one attached hydrogen (secondary N) is 1. The van der Waals surface area contributed by atoms with Gasteiger partial charge in [-0.2, -0.15) is 0 Å². The molecule has 0 bridgehead atoms. The number of aromatic nitrogens is 1. The van der Waals surface area contributed by atoms with Crippen LogP contribution in [-0.2, 0) is 0 Å². The average molecular weight is 656 g/mol. The molecule has 0 aliphatic carbocycles. The van der Waals surface area contributed by atoms with E-state index in [0.29, 0.717) is 0 Å². The Balaban J connectivity index is 1.21. The molecule has 7 aromatic carbocycles. The normalized spacial score (nSPS) is 14.4. The average Bonchev–Trinajstić information content (AvgIpc) is 3.88. The zero-order valence-electron chi connectivity index (χ0n) is 27.4. The molecule has 1 aliphatic rings. The lowest BCUT2D eigenvalue weighted by atomic mass is 9.94. The van der Waals surface area contributed by atoms with Gasteiger partial charge >= 0.3 is 0 Å². The molecule has 4 heterocycles. The number of anilines is 1. The first-order valence-corrected chi connectivity index (χ1v) is 17.2. The van der Waals surface area contributed by atoms with Gasteiger partial charge in [0, 0.05) is 38.1 Å². The number of benzene rings is 7. The lowest BCUT2D eigenvalue weighted by Crippen LogP contribution is -2.24. The maximum atomic E-state index is 6.80. The van der Waals surface area contributed by atoms with E-state index in [1.165, 1.54) is 10.8 Å². The highest BCUT2D eigenvalue weighted by atomic mass is 16.3. The van der Waals surface area contributed by atoms with E-state index < -0.39 is 6.17 Å². The van der Waals surface area contributed by atoms with Gasteiger partial charge in [0.25, 0.3) is 0 Å². The summed E-state index contributed by atoms with van der Waals surface area (Å²) >= 11 is 0. The summed E-state index contributed by atoms with van der Waals surface area (Å²) in [4.78, 5) is 5.56. The Morgan fingerprint density at radius 1 is 0.510 bits per heavy atom. The molecule has 1 aliphatic heterocycles. The monoisotopic (exact) mass is 655 g/mol. The van der Waals surface area contributed by atoms with Crippen molar-refractivity contribution < 1.29 is 8.83 Å². The van der Waals surface area contributed by atoms with Crippen LogP contribution in [0.1, 0.15) is 17.5 Å². The Bertz CT molecular complexity index is 2950. The SMILES string of the molecule is c1ccc(-c2cc(-c3ccccc3)c3oc4cccc(C5N=C(n6c7ccccc7c7ccccc76)c6oc7ccccc7c6N5)c4c3c2)cc1. The Kier molecular flexibility index (Phi) is 5.95. The third kappa shape index (κ3) is 4.18. The molecule has 5 heteroatoms. The highest BCUT2D eigenvalue weighted by molar-refractivity contribution is 6.21. The Morgan fingerprint density at radius 3 is 1.88 bits per heavy atom. The molecule has 10 aromatic rings. The number of nitrogens with zero attached hydrogens (tertiary/aromatic N) is 2. The topological polar surface area (TPSA) is 55.6 Å². The van der Waals surface area contributed by atoms with Crippen molar-refractivity contribution in [3.63, 3.8) is 0 Å². The minimum Gasteiger partial charge on any atom is -0.455 e. The number of hydrogen-bond acceptors (Lipinski definition) is 4. The third-order valence-corrected chi connectivity index (χ3v) is 10.2. The lowest BCUT2D eigenvalue weighted by Gasteiger charge is -2.24. The van der Waals surface area contributed by atoms with Crippen LogP contribution in [0.2, 0.25) is 0 Å². The molecule has 11 rings (SSSR count). The lowest BCUT2D eigenvalue weighted by molar-refractivity contribution is 0.595. The van der Waals surface area contributed by atoms with Crippen LogP contribution in [0, 0.1) is 0 Å². The minimum absolute atomic E-state index is 0.432. The van der Waals surface area contributed by atoms with Crippen LogP contribution in [0.25, 0.3) is 77.0 Å². The van der Waals surface area contributed by atoms with Crippen molar-refractivity contribution >= 4 is 66.2 Å². The summed E-state index contributed by atoms with van der Waals surface area (Å²) in [6.45, 7) is 0. The Morgan fingerprint density at radius 2 is 1.14 bits per heavy atom. The third-order valence-electron chi connectivity index (χ3n) is 10.2. The van der Waals surface area contributed by atoms with Crippen LogP contribution in [0.4, 0.5) is 5.69 Å². The quantitative estimate of drug-likeness (QED) is 0.206. The van der Waals surface area contributed by atoms with Gasteiger partial charge < -0.3 is 14.2 Å². The van der Waals surface area contributed by atoms with E-state index >= 15 is 0 Å². The van der Waals surface area contributed by atoms with Gasteiger partial charge in [-0.05, 0) is 59.2 Å². The summed E-state index contributed by atoms with van der Waals surface area (Å²) in [6, 6.07) is 57.1. The van der Waals surface area contributed by atoms with Crippen molar-refractivity contribution in [3.8, 4) is 22.3 Å². The molecule has 0 spiro atoms. The van der Waals surface area contributed by atoms with Gasteiger partial charge in [-0.25, -0.2) is 4.99 Å². The molecule has 0 amide bonds. The zero-order valence-corrected chi connectivity index (χ0v) is 27.4. The van der Waals surface area contributed by atoms with Crippen molar-refractivity contribution in [2.45, 2.75) is 6.17 Å². The molecule has 0 saturated carbocycles. The van der Waals surface area contributed by atoms with Gasteiger partial charge in [0.1, 0.15) is 22.9 Å². The molecule has 3 aromatic heterocycles. The molecule has 0 saturated heterocycles. The summed E-state index contributed by atoms with van der Waals surface area (Å²) in [7, 11) is 0. The fraction of sp³-hybridized carbons (Fsp3) is 0.0217. The Hall–Kier alpha value is -6.85. The second kappa shape index (κ2) is 10.8. The zero-order chi connectivity index (χ0) is 33.5. The van der Waals surface area contributed by atoms with Crippen LogP contribution in [0.15, 0.2) is 178 Å². The fourth-order valence-corrected chi connectivity index (χ4v) is 7.97. The summed E-state index contributed by atoms with van der Waals surface area (Å²) in [5, 5.41) is 9.29. The van der Waals surface area contributed by atoms with Crippen LogP contribution >= 0.6 is 0 Å². The Labute approximate surface area is 292 Å². The van der Waals surface area contributed by atoms with Gasteiger partial charge in [-0.15, -0.1) is 0 Å².